The topological polar surface area (TPSA) is 41.5 Å². The van der Waals surface area contributed by atoms with Gasteiger partial charge in [0.15, 0.2) is 0 Å². The summed E-state index contributed by atoms with van der Waals surface area (Å²) in [4.78, 5) is 0. The number of rotatable bonds is 7. The van der Waals surface area contributed by atoms with Crippen molar-refractivity contribution in [1.82, 2.24) is 0 Å². The Morgan fingerprint density at radius 1 is 1.19 bits per heavy atom. The third kappa shape index (κ3) is 4.96. The molecule has 0 saturated carbocycles. The maximum atomic E-state index is 9.96. The summed E-state index contributed by atoms with van der Waals surface area (Å²) in [7, 11) is 0. The van der Waals surface area contributed by atoms with Crippen molar-refractivity contribution in [3.05, 3.63) is 59.1 Å². The Morgan fingerprint density at radius 2 is 2.00 bits per heavy atom. The molecule has 0 amide bonds. The van der Waals surface area contributed by atoms with Gasteiger partial charge in [-0.15, -0.1) is 0 Å². The Balaban J connectivity index is 1.79. The molecule has 2 rings (SSSR count). The first-order valence-electron chi connectivity index (χ1n) is 7.07. The first-order valence-corrected chi connectivity index (χ1v) is 7.45. The lowest BCUT2D eigenvalue weighted by Gasteiger charge is -2.15. The Morgan fingerprint density at radius 3 is 2.76 bits per heavy atom. The number of aryl methyl sites for hydroxylation is 1. The van der Waals surface area contributed by atoms with E-state index in [0.717, 1.165) is 12.1 Å². The zero-order chi connectivity index (χ0) is 15.1. The molecule has 0 bridgehead atoms. The average molecular weight is 306 g/mol. The number of ether oxygens (including phenoxy) is 1. The third-order valence-corrected chi connectivity index (χ3v) is 3.46. The predicted molar refractivity (Wildman–Crippen MR) is 87.3 cm³/mol. The third-order valence-electron chi connectivity index (χ3n) is 3.14. The summed E-state index contributed by atoms with van der Waals surface area (Å²) >= 11 is 5.99. The monoisotopic (exact) mass is 305 g/mol. The molecule has 112 valence electrons. The molecule has 2 aromatic rings. The van der Waals surface area contributed by atoms with Gasteiger partial charge in [0.1, 0.15) is 18.5 Å². The summed E-state index contributed by atoms with van der Waals surface area (Å²) in [6, 6.07) is 15.4. The number of para-hydroxylation sites is 1. The summed E-state index contributed by atoms with van der Waals surface area (Å²) in [5, 5.41) is 13.7. The van der Waals surface area contributed by atoms with Crippen LogP contribution < -0.4 is 10.1 Å². The normalized spacial score (nSPS) is 12.0. The van der Waals surface area contributed by atoms with Crippen LogP contribution in [0.2, 0.25) is 5.02 Å². The first-order chi connectivity index (χ1) is 10.2. The minimum absolute atomic E-state index is 0.199. The van der Waals surface area contributed by atoms with Gasteiger partial charge < -0.3 is 15.2 Å². The van der Waals surface area contributed by atoms with Crippen molar-refractivity contribution in [2.45, 2.75) is 19.4 Å². The highest BCUT2D eigenvalue weighted by Crippen LogP contribution is 2.23. The first kappa shape index (κ1) is 15.7. The molecular formula is C17H20ClNO2. The number of hydrogen-bond acceptors (Lipinski definition) is 3. The lowest BCUT2D eigenvalue weighted by molar-refractivity contribution is 0.117. The van der Waals surface area contributed by atoms with E-state index in [4.69, 9.17) is 16.3 Å². The Kier molecular flexibility index (Phi) is 5.90. The number of halogens is 1. The quantitative estimate of drug-likeness (QED) is 0.818. The molecule has 1 unspecified atom stereocenters. The van der Waals surface area contributed by atoms with Gasteiger partial charge in [0.2, 0.25) is 0 Å². The number of nitrogens with one attached hydrogen (secondary N) is 1. The second-order valence-corrected chi connectivity index (χ2v) is 5.24. The minimum Gasteiger partial charge on any atom is -0.489 e. The van der Waals surface area contributed by atoms with Gasteiger partial charge in [0.05, 0.1) is 5.02 Å². The van der Waals surface area contributed by atoms with E-state index in [1.165, 1.54) is 5.56 Å². The van der Waals surface area contributed by atoms with Crippen LogP contribution in [0.5, 0.6) is 5.75 Å². The van der Waals surface area contributed by atoms with Crippen molar-refractivity contribution >= 4 is 17.3 Å². The molecule has 2 aromatic carbocycles. The second-order valence-electron chi connectivity index (χ2n) is 4.83. The molecule has 0 aliphatic rings. The highest BCUT2D eigenvalue weighted by Gasteiger charge is 2.07. The van der Waals surface area contributed by atoms with E-state index >= 15 is 0 Å². The van der Waals surface area contributed by atoms with Crippen LogP contribution in [0.1, 0.15) is 12.5 Å². The maximum Gasteiger partial charge on any atom is 0.138 e. The molecule has 0 heterocycles. The number of anilines is 1. The van der Waals surface area contributed by atoms with E-state index in [0.29, 0.717) is 17.3 Å². The Bertz CT molecular complexity index is 574. The predicted octanol–water partition coefficient (Wildman–Crippen LogP) is 3.75. The fourth-order valence-corrected chi connectivity index (χ4v) is 2.13. The molecule has 0 aromatic heterocycles. The van der Waals surface area contributed by atoms with Crippen LogP contribution >= 0.6 is 11.6 Å². The Labute approximate surface area is 130 Å². The van der Waals surface area contributed by atoms with E-state index in [-0.39, 0.29) is 6.61 Å². The van der Waals surface area contributed by atoms with Crippen LogP contribution in [0.15, 0.2) is 48.5 Å². The van der Waals surface area contributed by atoms with Gasteiger partial charge in [0, 0.05) is 12.2 Å². The van der Waals surface area contributed by atoms with Crippen molar-refractivity contribution in [1.29, 1.82) is 0 Å². The molecule has 3 nitrogen and oxygen atoms in total. The second kappa shape index (κ2) is 7.91. The number of aliphatic hydroxyl groups is 1. The molecule has 0 fully saturated rings. The fraction of sp³-hybridized carbons (Fsp3) is 0.294. The SMILES string of the molecule is CCc1cccc(NCC(O)COc2ccccc2Cl)c1. The zero-order valence-corrected chi connectivity index (χ0v) is 12.8. The van der Waals surface area contributed by atoms with Crippen LogP contribution in [0.4, 0.5) is 5.69 Å². The highest BCUT2D eigenvalue weighted by atomic mass is 35.5. The average Bonchev–Trinajstić information content (AvgIpc) is 2.52. The van der Waals surface area contributed by atoms with E-state index in [2.05, 4.69) is 24.4 Å². The lowest BCUT2D eigenvalue weighted by Crippen LogP contribution is -2.26. The summed E-state index contributed by atoms with van der Waals surface area (Å²) in [6.07, 6.45) is 0.389. The molecule has 4 heteroatoms. The summed E-state index contributed by atoms with van der Waals surface area (Å²) < 4.78 is 5.51. The van der Waals surface area contributed by atoms with Crippen LogP contribution in [-0.4, -0.2) is 24.4 Å². The number of benzene rings is 2. The van der Waals surface area contributed by atoms with Gasteiger partial charge in [-0.1, -0.05) is 42.8 Å². The smallest absolute Gasteiger partial charge is 0.138 e. The van der Waals surface area contributed by atoms with Gasteiger partial charge in [-0.2, -0.15) is 0 Å². The highest BCUT2D eigenvalue weighted by molar-refractivity contribution is 6.32. The molecule has 1 atom stereocenters. The number of aliphatic hydroxyl groups excluding tert-OH is 1. The largest absolute Gasteiger partial charge is 0.489 e. The van der Waals surface area contributed by atoms with Gasteiger partial charge in [-0.05, 0) is 36.2 Å². The standard InChI is InChI=1S/C17H20ClNO2/c1-2-13-6-5-7-14(10-13)19-11-15(20)12-21-17-9-4-3-8-16(17)18/h3-10,15,19-20H,2,11-12H2,1H3. The maximum absolute atomic E-state index is 9.96. The van der Waals surface area contributed by atoms with Gasteiger partial charge >= 0.3 is 0 Å². The summed E-state index contributed by atoms with van der Waals surface area (Å²) in [5.74, 6) is 0.589. The summed E-state index contributed by atoms with van der Waals surface area (Å²) in [6.45, 7) is 2.74. The zero-order valence-electron chi connectivity index (χ0n) is 12.1. The van der Waals surface area contributed by atoms with Crippen molar-refractivity contribution in [3.8, 4) is 5.75 Å². The molecular weight excluding hydrogens is 286 g/mol. The van der Waals surface area contributed by atoms with E-state index < -0.39 is 6.10 Å². The van der Waals surface area contributed by atoms with E-state index in [1.807, 2.05) is 24.3 Å². The van der Waals surface area contributed by atoms with Crippen molar-refractivity contribution in [2.75, 3.05) is 18.5 Å². The van der Waals surface area contributed by atoms with Crippen molar-refractivity contribution < 1.29 is 9.84 Å². The molecule has 21 heavy (non-hydrogen) atoms. The van der Waals surface area contributed by atoms with Crippen LogP contribution in [0.3, 0.4) is 0 Å². The van der Waals surface area contributed by atoms with E-state index in [9.17, 15) is 5.11 Å². The fourth-order valence-electron chi connectivity index (χ4n) is 1.94. The van der Waals surface area contributed by atoms with Crippen LogP contribution in [0.25, 0.3) is 0 Å². The molecule has 0 aliphatic heterocycles. The molecule has 0 radical (unpaired) electrons. The van der Waals surface area contributed by atoms with Crippen LogP contribution in [0, 0.1) is 0 Å². The molecule has 0 aliphatic carbocycles. The molecule has 0 saturated heterocycles. The van der Waals surface area contributed by atoms with Crippen molar-refractivity contribution in [2.24, 2.45) is 0 Å². The van der Waals surface area contributed by atoms with Gasteiger partial charge in [-0.3, -0.25) is 0 Å². The Hall–Kier alpha value is -1.71. The molecule has 0 spiro atoms. The van der Waals surface area contributed by atoms with Crippen molar-refractivity contribution in [3.63, 3.8) is 0 Å². The number of hydrogen-bond donors (Lipinski definition) is 2. The van der Waals surface area contributed by atoms with Gasteiger partial charge in [0.25, 0.3) is 0 Å². The minimum atomic E-state index is -0.605. The lowest BCUT2D eigenvalue weighted by atomic mass is 10.1. The van der Waals surface area contributed by atoms with Crippen LogP contribution in [-0.2, 0) is 6.42 Å². The van der Waals surface area contributed by atoms with Gasteiger partial charge in [-0.25, -0.2) is 0 Å². The molecule has 2 N–H and O–H groups in total. The van der Waals surface area contributed by atoms with E-state index in [1.54, 1.807) is 12.1 Å². The summed E-state index contributed by atoms with van der Waals surface area (Å²) in [5.41, 5.74) is 2.27.